The van der Waals surface area contributed by atoms with Crippen molar-refractivity contribution in [1.29, 1.82) is 0 Å². The molecule has 9 heteroatoms. The highest BCUT2D eigenvalue weighted by Gasteiger charge is 2.17. The van der Waals surface area contributed by atoms with E-state index in [0.29, 0.717) is 22.2 Å². The van der Waals surface area contributed by atoms with Crippen LogP contribution >= 0.6 is 11.3 Å². The Hall–Kier alpha value is -4.11. The van der Waals surface area contributed by atoms with Gasteiger partial charge in [0.15, 0.2) is 5.13 Å². The molecule has 172 valence electrons. The van der Waals surface area contributed by atoms with Gasteiger partial charge in [0.25, 0.3) is 0 Å². The fourth-order valence-electron chi connectivity index (χ4n) is 3.29. The molecule has 8 nitrogen and oxygen atoms in total. The first kappa shape index (κ1) is 23.1. The molecule has 0 aliphatic rings. The number of ether oxygens (including phenoxy) is 1. The summed E-state index contributed by atoms with van der Waals surface area (Å²) >= 11 is 1.09. The minimum Gasteiger partial charge on any atom is -0.462 e. The number of aromatic nitrogens is 4. The van der Waals surface area contributed by atoms with E-state index in [1.165, 1.54) is 6.08 Å². The number of nitrogens with zero attached hydrogens (tertiary/aromatic N) is 4. The number of hydrogen-bond acceptors (Lipinski definition) is 7. The first-order valence-corrected chi connectivity index (χ1v) is 11.5. The Balaban J connectivity index is 1.54. The second-order valence-electron chi connectivity index (χ2n) is 7.33. The monoisotopic (exact) mass is 473 g/mol. The lowest BCUT2D eigenvalue weighted by Crippen LogP contribution is -2.07. The molecule has 0 spiro atoms. The molecule has 4 aromatic rings. The van der Waals surface area contributed by atoms with Crippen molar-refractivity contribution in [3.8, 4) is 11.3 Å². The summed E-state index contributed by atoms with van der Waals surface area (Å²) in [4.78, 5) is 33.4. The Morgan fingerprint density at radius 3 is 2.74 bits per heavy atom. The molecule has 0 fully saturated rings. The first-order chi connectivity index (χ1) is 16.5. The minimum absolute atomic E-state index is 0.276. The van der Waals surface area contributed by atoms with Crippen molar-refractivity contribution in [3.63, 3.8) is 0 Å². The minimum atomic E-state index is -0.444. The molecule has 0 aliphatic heterocycles. The highest BCUT2D eigenvalue weighted by Crippen LogP contribution is 2.25. The van der Waals surface area contributed by atoms with E-state index >= 15 is 0 Å². The maximum absolute atomic E-state index is 12.6. The van der Waals surface area contributed by atoms with E-state index in [0.717, 1.165) is 33.7 Å². The molecule has 0 radical (unpaired) electrons. The van der Waals surface area contributed by atoms with Crippen molar-refractivity contribution >= 4 is 34.4 Å². The standard InChI is InChI=1S/C25H23N5O3S/c1-3-33-24(32)23-17(2)27-25(34-23)28-21(31)12-11-20-16-30(15-18-8-5-4-6-9-18)29-22(20)19-10-7-13-26-14-19/h4-14,16H,3,15H2,1-2H3,(H,27,28,31)/b12-11+. The Morgan fingerprint density at radius 2 is 2.00 bits per heavy atom. The van der Waals surface area contributed by atoms with Gasteiger partial charge in [-0.15, -0.1) is 0 Å². The Kier molecular flexibility index (Phi) is 7.24. The number of carbonyl (C=O) groups is 2. The average Bonchev–Trinajstić information content (AvgIpc) is 3.42. The number of rotatable bonds is 8. The number of benzene rings is 1. The molecule has 0 atom stereocenters. The van der Waals surface area contributed by atoms with Gasteiger partial charge in [-0.05, 0) is 37.6 Å². The Morgan fingerprint density at radius 1 is 1.18 bits per heavy atom. The van der Waals surface area contributed by atoms with Crippen molar-refractivity contribution in [2.75, 3.05) is 11.9 Å². The van der Waals surface area contributed by atoms with Crippen LogP contribution in [0.3, 0.4) is 0 Å². The van der Waals surface area contributed by atoms with Crippen LogP contribution in [-0.2, 0) is 16.1 Å². The normalized spacial score (nSPS) is 11.0. The third kappa shape index (κ3) is 5.62. The zero-order chi connectivity index (χ0) is 23.9. The number of nitrogens with one attached hydrogen (secondary N) is 1. The number of aryl methyl sites for hydroxylation is 1. The van der Waals surface area contributed by atoms with Gasteiger partial charge in [-0.2, -0.15) is 5.10 Å². The molecule has 34 heavy (non-hydrogen) atoms. The summed E-state index contributed by atoms with van der Waals surface area (Å²) < 4.78 is 6.86. The van der Waals surface area contributed by atoms with Crippen LogP contribution in [0.5, 0.6) is 0 Å². The van der Waals surface area contributed by atoms with Gasteiger partial charge in [-0.25, -0.2) is 9.78 Å². The lowest BCUT2D eigenvalue weighted by molar-refractivity contribution is -0.111. The van der Waals surface area contributed by atoms with Crippen LogP contribution < -0.4 is 5.32 Å². The molecule has 0 saturated heterocycles. The zero-order valence-electron chi connectivity index (χ0n) is 18.8. The molecule has 4 rings (SSSR count). The number of esters is 1. The van der Waals surface area contributed by atoms with E-state index in [4.69, 9.17) is 9.84 Å². The van der Waals surface area contributed by atoms with E-state index < -0.39 is 5.97 Å². The molecular weight excluding hydrogens is 450 g/mol. The topological polar surface area (TPSA) is 99.0 Å². The predicted octanol–water partition coefficient (Wildman–Crippen LogP) is 4.59. The number of amides is 1. The van der Waals surface area contributed by atoms with Gasteiger partial charge in [0, 0.05) is 35.8 Å². The van der Waals surface area contributed by atoms with E-state index in [1.807, 2.05) is 53.3 Å². The lowest BCUT2D eigenvalue weighted by atomic mass is 10.1. The van der Waals surface area contributed by atoms with Crippen molar-refractivity contribution in [1.82, 2.24) is 19.7 Å². The molecule has 1 N–H and O–H groups in total. The van der Waals surface area contributed by atoms with Crippen molar-refractivity contribution in [2.45, 2.75) is 20.4 Å². The summed E-state index contributed by atoms with van der Waals surface area (Å²) in [7, 11) is 0. The SMILES string of the molecule is CCOC(=O)c1sc(NC(=O)/C=C/c2cn(Cc3ccccc3)nc2-c2cccnc2)nc1C. The summed E-state index contributed by atoms with van der Waals surface area (Å²) in [5, 5.41) is 7.77. The highest BCUT2D eigenvalue weighted by molar-refractivity contribution is 7.17. The van der Waals surface area contributed by atoms with Crippen LogP contribution in [0.4, 0.5) is 5.13 Å². The van der Waals surface area contributed by atoms with Gasteiger partial charge in [0.05, 0.1) is 18.8 Å². The van der Waals surface area contributed by atoms with Gasteiger partial charge in [-0.1, -0.05) is 41.7 Å². The van der Waals surface area contributed by atoms with Crippen molar-refractivity contribution in [2.24, 2.45) is 0 Å². The first-order valence-electron chi connectivity index (χ1n) is 10.7. The van der Waals surface area contributed by atoms with Crippen LogP contribution in [0.2, 0.25) is 0 Å². The molecule has 3 aromatic heterocycles. The largest absolute Gasteiger partial charge is 0.462 e. The van der Waals surface area contributed by atoms with Crippen LogP contribution in [0.25, 0.3) is 17.3 Å². The second kappa shape index (κ2) is 10.7. The molecule has 1 aromatic carbocycles. The number of thiazole rings is 1. The van der Waals surface area contributed by atoms with Gasteiger partial charge < -0.3 is 4.74 Å². The van der Waals surface area contributed by atoms with Gasteiger partial charge >= 0.3 is 5.97 Å². The van der Waals surface area contributed by atoms with Gasteiger partial charge in [0.2, 0.25) is 5.91 Å². The van der Waals surface area contributed by atoms with Crippen LogP contribution in [0.1, 0.15) is 33.4 Å². The van der Waals surface area contributed by atoms with Gasteiger partial charge in [0.1, 0.15) is 10.6 Å². The second-order valence-corrected chi connectivity index (χ2v) is 8.33. The molecule has 3 heterocycles. The molecular formula is C25H23N5O3S. The summed E-state index contributed by atoms with van der Waals surface area (Å²) in [6, 6.07) is 13.8. The molecule has 1 amide bonds. The van der Waals surface area contributed by atoms with Crippen molar-refractivity contribution in [3.05, 3.63) is 88.8 Å². The molecule has 0 aliphatic carbocycles. The maximum atomic E-state index is 12.6. The highest BCUT2D eigenvalue weighted by atomic mass is 32.1. The fraction of sp³-hybridized carbons (Fsp3) is 0.160. The zero-order valence-corrected chi connectivity index (χ0v) is 19.6. The quantitative estimate of drug-likeness (QED) is 0.297. The van der Waals surface area contributed by atoms with Crippen LogP contribution in [-0.4, -0.2) is 38.2 Å². The summed E-state index contributed by atoms with van der Waals surface area (Å²) in [6.45, 7) is 4.32. The smallest absolute Gasteiger partial charge is 0.350 e. The van der Waals surface area contributed by atoms with E-state index in [9.17, 15) is 9.59 Å². The number of hydrogen-bond donors (Lipinski definition) is 1. The molecule has 0 saturated carbocycles. The summed E-state index contributed by atoms with van der Waals surface area (Å²) in [5.74, 6) is -0.808. The molecule has 0 bridgehead atoms. The Labute approximate surface area is 201 Å². The van der Waals surface area contributed by atoms with E-state index in [-0.39, 0.29) is 12.5 Å². The number of anilines is 1. The number of carbonyl (C=O) groups excluding carboxylic acids is 2. The summed E-state index contributed by atoms with van der Waals surface area (Å²) in [5.41, 5.74) is 3.99. The third-order valence-corrected chi connectivity index (χ3v) is 5.87. The fourth-order valence-corrected chi connectivity index (χ4v) is 4.15. The van der Waals surface area contributed by atoms with Gasteiger partial charge in [-0.3, -0.25) is 19.8 Å². The van der Waals surface area contributed by atoms with Crippen LogP contribution in [0, 0.1) is 6.92 Å². The maximum Gasteiger partial charge on any atom is 0.350 e. The average molecular weight is 474 g/mol. The van der Waals surface area contributed by atoms with E-state index in [1.54, 1.807) is 32.3 Å². The predicted molar refractivity (Wildman–Crippen MR) is 131 cm³/mol. The Bertz CT molecular complexity index is 1310. The molecule has 0 unspecified atom stereocenters. The summed E-state index contributed by atoms with van der Waals surface area (Å²) in [6.07, 6.45) is 8.46. The number of pyridine rings is 1. The third-order valence-electron chi connectivity index (χ3n) is 4.81. The van der Waals surface area contributed by atoms with Crippen molar-refractivity contribution < 1.29 is 14.3 Å². The lowest BCUT2D eigenvalue weighted by Gasteiger charge is -2.01. The van der Waals surface area contributed by atoms with E-state index in [2.05, 4.69) is 15.3 Å². The van der Waals surface area contributed by atoms with Crippen LogP contribution in [0.15, 0.2) is 67.1 Å².